The van der Waals surface area contributed by atoms with Gasteiger partial charge in [0.2, 0.25) is 6.10 Å². The lowest BCUT2D eigenvalue weighted by Crippen LogP contribution is -2.36. The molecule has 1 N–H and O–H groups in total. The van der Waals surface area contributed by atoms with E-state index in [0.29, 0.717) is 22.8 Å². The van der Waals surface area contributed by atoms with Gasteiger partial charge < -0.3 is 19.6 Å². The topological polar surface area (TPSA) is 69.2 Å². The van der Waals surface area contributed by atoms with Crippen LogP contribution in [0.4, 0.5) is 4.39 Å². The molecule has 0 saturated carbocycles. The van der Waals surface area contributed by atoms with Crippen LogP contribution in [-0.2, 0) is 9.63 Å². The molecule has 1 aliphatic rings. The van der Waals surface area contributed by atoms with E-state index in [4.69, 9.17) is 14.3 Å². The number of ether oxygens (including phenoxy) is 2. The fraction of sp³-hybridized carbons (Fsp3) is 0.333. The zero-order valence-corrected chi connectivity index (χ0v) is 16.3. The number of carbonyl (C=O) groups excluding carboxylic acids is 1. The minimum atomic E-state index is -0.749. The largest absolute Gasteiger partial charge is 0.493 e. The number of amides is 1. The molecule has 0 saturated heterocycles. The third-order valence-electron chi connectivity index (χ3n) is 4.72. The molecule has 0 radical (unpaired) electrons. The third kappa shape index (κ3) is 4.08. The molecule has 2 atom stereocenters. The van der Waals surface area contributed by atoms with Crippen molar-refractivity contribution in [1.29, 1.82) is 0 Å². The Bertz CT molecular complexity index is 913. The first-order valence-electron chi connectivity index (χ1n) is 8.94. The van der Waals surface area contributed by atoms with Crippen molar-refractivity contribution in [3.63, 3.8) is 0 Å². The van der Waals surface area contributed by atoms with E-state index in [-0.39, 0.29) is 24.2 Å². The number of halogens is 1. The summed E-state index contributed by atoms with van der Waals surface area (Å²) in [4.78, 5) is 17.9. The number of oxime groups is 1. The number of rotatable bonds is 6. The summed E-state index contributed by atoms with van der Waals surface area (Å²) in [7, 11) is 3.15. The lowest BCUT2D eigenvalue weighted by molar-refractivity contribution is -0.131. The van der Waals surface area contributed by atoms with Gasteiger partial charge in [-0.05, 0) is 49.2 Å². The van der Waals surface area contributed by atoms with Gasteiger partial charge >= 0.3 is 0 Å². The van der Waals surface area contributed by atoms with Crippen LogP contribution in [0.1, 0.15) is 36.1 Å². The Hall–Kier alpha value is -3.09. The number of nitrogens with zero attached hydrogens (tertiary/aromatic N) is 1. The maximum Gasteiger partial charge on any atom is 0.264 e. The van der Waals surface area contributed by atoms with Crippen molar-refractivity contribution >= 4 is 11.6 Å². The van der Waals surface area contributed by atoms with Crippen LogP contribution >= 0.6 is 0 Å². The van der Waals surface area contributed by atoms with Crippen molar-refractivity contribution in [2.45, 2.75) is 32.4 Å². The molecule has 6 nitrogen and oxygen atoms in total. The van der Waals surface area contributed by atoms with Crippen molar-refractivity contribution in [3.8, 4) is 11.5 Å². The highest BCUT2D eigenvalue weighted by molar-refractivity contribution is 6.04. The molecule has 2 aromatic rings. The summed E-state index contributed by atoms with van der Waals surface area (Å²) in [5.74, 6) is 0.593. The molecule has 148 valence electrons. The minimum Gasteiger partial charge on any atom is -0.493 e. The molecule has 1 aliphatic heterocycles. The monoisotopic (exact) mass is 386 g/mol. The van der Waals surface area contributed by atoms with Crippen LogP contribution in [0, 0.1) is 12.7 Å². The first-order chi connectivity index (χ1) is 13.4. The van der Waals surface area contributed by atoms with Gasteiger partial charge in [0, 0.05) is 12.0 Å². The van der Waals surface area contributed by atoms with Gasteiger partial charge in [-0.3, -0.25) is 4.79 Å². The normalized spacial score (nSPS) is 16.8. The Morgan fingerprint density at radius 3 is 2.64 bits per heavy atom. The molecule has 0 fully saturated rings. The van der Waals surface area contributed by atoms with Crippen LogP contribution in [0.25, 0.3) is 0 Å². The summed E-state index contributed by atoms with van der Waals surface area (Å²) in [6, 6.07) is 9.52. The van der Waals surface area contributed by atoms with Gasteiger partial charge in [-0.15, -0.1) is 0 Å². The average Bonchev–Trinajstić information content (AvgIpc) is 3.18. The van der Waals surface area contributed by atoms with Crippen LogP contribution < -0.4 is 14.8 Å². The summed E-state index contributed by atoms with van der Waals surface area (Å²) in [5, 5.41) is 6.89. The molecular weight excluding hydrogens is 363 g/mol. The number of benzene rings is 2. The van der Waals surface area contributed by atoms with Crippen LogP contribution in [0.5, 0.6) is 11.5 Å². The van der Waals surface area contributed by atoms with Crippen molar-refractivity contribution in [3.05, 3.63) is 58.9 Å². The van der Waals surface area contributed by atoms with Gasteiger partial charge in [0.25, 0.3) is 5.91 Å². The molecule has 0 unspecified atom stereocenters. The number of aryl methyl sites for hydroxylation is 1. The third-order valence-corrected chi connectivity index (χ3v) is 4.72. The van der Waals surface area contributed by atoms with Crippen molar-refractivity contribution in [1.82, 2.24) is 5.32 Å². The fourth-order valence-corrected chi connectivity index (χ4v) is 3.20. The summed E-state index contributed by atoms with van der Waals surface area (Å²) in [6.07, 6.45) is -0.464. The van der Waals surface area contributed by atoms with Crippen LogP contribution in [0.2, 0.25) is 0 Å². The van der Waals surface area contributed by atoms with Crippen molar-refractivity contribution in [2.24, 2.45) is 5.16 Å². The summed E-state index contributed by atoms with van der Waals surface area (Å²) >= 11 is 0. The quantitative estimate of drug-likeness (QED) is 0.825. The van der Waals surface area contributed by atoms with Gasteiger partial charge in [0.05, 0.1) is 26.0 Å². The first kappa shape index (κ1) is 19.7. The molecule has 0 aliphatic carbocycles. The lowest BCUT2D eigenvalue weighted by atomic mass is 10.0. The summed E-state index contributed by atoms with van der Waals surface area (Å²) in [5.41, 5.74) is 3.04. The predicted octanol–water partition coefficient (Wildman–Crippen LogP) is 3.52. The van der Waals surface area contributed by atoms with Crippen LogP contribution in [-0.4, -0.2) is 31.9 Å². The Morgan fingerprint density at radius 1 is 1.25 bits per heavy atom. The van der Waals surface area contributed by atoms with E-state index < -0.39 is 6.10 Å². The van der Waals surface area contributed by atoms with E-state index in [1.54, 1.807) is 26.4 Å². The highest BCUT2D eigenvalue weighted by atomic mass is 19.1. The lowest BCUT2D eigenvalue weighted by Gasteiger charge is -2.20. The van der Waals surface area contributed by atoms with Crippen LogP contribution in [0.3, 0.4) is 0 Å². The van der Waals surface area contributed by atoms with E-state index in [9.17, 15) is 9.18 Å². The predicted molar refractivity (Wildman–Crippen MR) is 103 cm³/mol. The van der Waals surface area contributed by atoms with E-state index in [0.717, 1.165) is 11.1 Å². The maximum absolute atomic E-state index is 13.4. The second-order valence-electron chi connectivity index (χ2n) is 6.64. The van der Waals surface area contributed by atoms with E-state index in [1.165, 1.54) is 12.1 Å². The SMILES string of the molecule is COc1cc(C)c([C@H](C)NC(=O)[C@@H]2CC(c3cccc(F)c3)=NO2)cc1OC. The number of carbonyl (C=O) groups is 1. The highest BCUT2D eigenvalue weighted by Crippen LogP contribution is 2.33. The smallest absolute Gasteiger partial charge is 0.264 e. The zero-order chi connectivity index (χ0) is 20.3. The molecule has 28 heavy (non-hydrogen) atoms. The number of hydrogen-bond acceptors (Lipinski definition) is 5. The number of hydrogen-bond donors (Lipinski definition) is 1. The molecule has 0 bridgehead atoms. The molecule has 0 aromatic heterocycles. The zero-order valence-electron chi connectivity index (χ0n) is 16.3. The van der Waals surface area contributed by atoms with Gasteiger partial charge in [-0.2, -0.15) is 0 Å². The first-order valence-corrected chi connectivity index (χ1v) is 8.94. The Kier molecular flexibility index (Phi) is 5.82. The Morgan fingerprint density at radius 2 is 1.96 bits per heavy atom. The second kappa shape index (κ2) is 8.29. The molecular formula is C21H23FN2O4. The molecule has 1 heterocycles. The Labute approximate surface area is 163 Å². The molecule has 3 rings (SSSR count). The molecule has 7 heteroatoms. The van der Waals surface area contributed by atoms with E-state index in [1.807, 2.05) is 26.0 Å². The van der Waals surface area contributed by atoms with E-state index >= 15 is 0 Å². The number of methoxy groups -OCH3 is 2. The van der Waals surface area contributed by atoms with Crippen molar-refractivity contribution < 1.29 is 23.5 Å². The maximum atomic E-state index is 13.4. The standard InChI is InChI=1S/C21H23FN2O4/c1-12-8-18(26-3)19(27-4)10-16(12)13(2)23-21(25)20-11-17(24-28-20)14-6-5-7-15(22)9-14/h5-10,13,20H,11H2,1-4H3,(H,23,25)/t13-,20-/m0/s1. The molecule has 1 amide bonds. The average molecular weight is 386 g/mol. The fourth-order valence-electron chi connectivity index (χ4n) is 3.20. The second-order valence-corrected chi connectivity index (χ2v) is 6.64. The van der Waals surface area contributed by atoms with Gasteiger partial charge in [-0.25, -0.2) is 4.39 Å². The van der Waals surface area contributed by atoms with Gasteiger partial charge in [-0.1, -0.05) is 17.3 Å². The van der Waals surface area contributed by atoms with Gasteiger partial charge in [0.15, 0.2) is 11.5 Å². The minimum absolute atomic E-state index is 0.269. The van der Waals surface area contributed by atoms with E-state index in [2.05, 4.69) is 10.5 Å². The number of nitrogens with one attached hydrogen (secondary N) is 1. The van der Waals surface area contributed by atoms with Crippen LogP contribution in [0.15, 0.2) is 41.6 Å². The van der Waals surface area contributed by atoms with Gasteiger partial charge in [0.1, 0.15) is 5.82 Å². The summed E-state index contributed by atoms with van der Waals surface area (Å²) < 4.78 is 24.0. The van der Waals surface area contributed by atoms with Crippen molar-refractivity contribution in [2.75, 3.05) is 14.2 Å². The highest BCUT2D eigenvalue weighted by Gasteiger charge is 2.30. The summed E-state index contributed by atoms with van der Waals surface area (Å²) in [6.45, 7) is 3.83. The Balaban J connectivity index is 1.67. The molecule has 2 aromatic carbocycles. The molecule has 0 spiro atoms.